The molecular weight excluding hydrogens is 375 g/mol. The minimum absolute atomic E-state index is 0. The van der Waals surface area contributed by atoms with Gasteiger partial charge in [-0.15, -0.1) is 24.0 Å². The molecule has 1 saturated carbocycles. The minimum atomic E-state index is 0. The van der Waals surface area contributed by atoms with Crippen molar-refractivity contribution in [3.63, 3.8) is 0 Å². The lowest BCUT2D eigenvalue weighted by molar-refractivity contribution is 0.151. The summed E-state index contributed by atoms with van der Waals surface area (Å²) in [5.74, 6) is 1.06. The average molecular weight is 400 g/mol. The molecule has 4 nitrogen and oxygen atoms in total. The van der Waals surface area contributed by atoms with E-state index in [0.29, 0.717) is 5.41 Å². The van der Waals surface area contributed by atoms with E-state index < -0.39 is 0 Å². The number of hydrogen-bond acceptors (Lipinski definition) is 2. The first kappa shape index (κ1) is 16.5. The van der Waals surface area contributed by atoms with E-state index in [2.05, 4.69) is 26.3 Å². The lowest BCUT2D eigenvalue weighted by Crippen LogP contribution is -2.43. The van der Waals surface area contributed by atoms with E-state index in [9.17, 15) is 0 Å². The van der Waals surface area contributed by atoms with E-state index in [4.69, 9.17) is 0 Å². The fourth-order valence-corrected chi connectivity index (χ4v) is 3.38. The van der Waals surface area contributed by atoms with Crippen molar-refractivity contribution < 1.29 is 0 Å². The molecular formula is C16H25IN4. The topological polar surface area (TPSA) is 40.5 Å². The number of nitrogens with zero attached hydrogens (tertiary/aromatic N) is 3. The number of hydrogen-bond donors (Lipinski definition) is 1. The summed E-state index contributed by atoms with van der Waals surface area (Å²) in [5, 5.41) is 3.48. The van der Waals surface area contributed by atoms with Crippen molar-refractivity contribution in [3.05, 3.63) is 30.1 Å². The number of pyridine rings is 1. The van der Waals surface area contributed by atoms with E-state index >= 15 is 0 Å². The highest BCUT2D eigenvalue weighted by Crippen LogP contribution is 2.47. The van der Waals surface area contributed by atoms with Gasteiger partial charge in [0.2, 0.25) is 0 Å². The first-order valence-electron chi connectivity index (χ1n) is 7.67. The first-order valence-corrected chi connectivity index (χ1v) is 7.67. The molecule has 1 aromatic heterocycles. The van der Waals surface area contributed by atoms with Crippen LogP contribution in [0.4, 0.5) is 0 Å². The number of guanidine groups is 1. The zero-order valence-electron chi connectivity index (χ0n) is 12.7. The molecule has 1 saturated heterocycles. The van der Waals surface area contributed by atoms with Crippen LogP contribution < -0.4 is 5.32 Å². The Labute approximate surface area is 144 Å². The first-order chi connectivity index (χ1) is 9.81. The van der Waals surface area contributed by atoms with Crippen molar-refractivity contribution >= 4 is 29.9 Å². The van der Waals surface area contributed by atoms with Gasteiger partial charge in [0.25, 0.3) is 0 Å². The Morgan fingerprint density at radius 2 is 2.24 bits per heavy atom. The molecule has 2 fully saturated rings. The van der Waals surface area contributed by atoms with Crippen LogP contribution in [-0.2, 0) is 6.42 Å². The zero-order chi connectivity index (χ0) is 13.8. The summed E-state index contributed by atoms with van der Waals surface area (Å²) in [6.45, 7) is 3.24. The van der Waals surface area contributed by atoms with Gasteiger partial charge >= 0.3 is 0 Å². The molecule has 0 atom stereocenters. The fourth-order valence-electron chi connectivity index (χ4n) is 3.38. The van der Waals surface area contributed by atoms with Gasteiger partial charge in [0.15, 0.2) is 5.96 Å². The monoisotopic (exact) mass is 400 g/mol. The van der Waals surface area contributed by atoms with Crippen LogP contribution in [0.15, 0.2) is 29.4 Å². The molecule has 1 spiro atoms. The molecule has 3 rings (SSSR count). The molecule has 5 heteroatoms. The highest BCUT2D eigenvalue weighted by molar-refractivity contribution is 14.0. The van der Waals surface area contributed by atoms with Gasteiger partial charge in [-0.05, 0) is 36.8 Å². The van der Waals surface area contributed by atoms with E-state index in [1.54, 1.807) is 0 Å². The van der Waals surface area contributed by atoms with E-state index in [-0.39, 0.29) is 24.0 Å². The molecule has 1 aliphatic heterocycles. The van der Waals surface area contributed by atoms with Crippen LogP contribution in [0.3, 0.4) is 0 Å². The van der Waals surface area contributed by atoms with Crippen molar-refractivity contribution in [3.8, 4) is 0 Å². The average Bonchev–Trinajstić information content (AvgIpc) is 2.90. The third-order valence-electron chi connectivity index (χ3n) is 4.75. The molecule has 0 amide bonds. The molecule has 0 radical (unpaired) electrons. The van der Waals surface area contributed by atoms with E-state index in [0.717, 1.165) is 31.2 Å². The van der Waals surface area contributed by atoms with Crippen LogP contribution in [0, 0.1) is 5.41 Å². The standard InChI is InChI=1S/C16H24N4.HI/c1-17-15(19-11-6-14-5-2-3-10-18-14)20-12-9-16(13-20)7-4-8-16;/h2-3,5,10H,4,6-9,11-13H2,1H3,(H,17,19);1H. The highest BCUT2D eigenvalue weighted by Gasteiger charge is 2.43. The van der Waals surface area contributed by atoms with E-state index in [1.807, 2.05) is 25.4 Å². The Morgan fingerprint density at radius 1 is 1.38 bits per heavy atom. The Kier molecular flexibility index (Phi) is 5.84. The predicted molar refractivity (Wildman–Crippen MR) is 97.2 cm³/mol. The van der Waals surface area contributed by atoms with Gasteiger partial charge in [-0.1, -0.05) is 12.5 Å². The van der Waals surface area contributed by atoms with Gasteiger partial charge in [0.05, 0.1) is 0 Å². The maximum Gasteiger partial charge on any atom is 0.193 e. The minimum Gasteiger partial charge on any atom is -0.356 e. The SMILES string of the molecule is CN=C(NCCc1ccccn1)N1CCC2(CCC2)C1.I. The molecule has 0 unspecified atom stereocenters. The van der Waals surface area contributed by atoms with Crippen LogP contribution in [-0.4, -0.2) is 42.5 Å². The lowest BCUT2D eigenvalue weighted by atomic mass is 9.68. The number of aliphatic imine (C=N–C) groups is 1. The molecule has 2 heterocycles. The van der Waals surface area contributed by atoms with Crippen molar-refractivity contribution in [1.82, 2.24) is 15.2 Å². The van der Waals surface area contributed by atoms with Crippen molar-refractivity contribution in [1.29, 1.82) is 0 Å². The van der Waals surface area contributed by atoms with Crippen LogP contribution in [0.25, 0.3) is 0 Å². The largest absolute Gasteiger partial charge is 0.356 e. The summed E-state index contributed by atoms with van der Waals surface area (Å²) in [4.78, 5) is 11.2. The zero-order valence-corrected chi connectivity index (χ0v) is 15.0. The third-order valence-corrected chi connectivity index (χ3v) is 4.75. The summed E-state index contributed by atoms with van der Waals surface area (Å²) in [5.41, 5.74) is 1.76. The van der Waals surface area contributed by atoms with Gasteiger partial charge < -0.3 is 10.2 Å². The van der Waals surface area contributed by atoms with Crippen LogP contribution in [0.1, 0.15) is 31.4 Å². The summed E-state index contributed by atoms with van der Waals surface area (Å²) >= 11 is 0. The third kappa shape index (κ3) is 3.87. The number of nitrogens with one attached hydrogen (secondary N) is 1. The normalized spacial score (nSPS) is 20.0. The molecule has 116 valence electrons. The maximum absolute atomic E-state index is 4.44. The molecule has 1 aliphatic carbocycles. The van der Waals surface area contributed by atoms with Crippen LogP contribution >= 0.6 is 24.0 Å². The summed E-state index contributed by atoms with van der Waals surface area (Å²) in [7, 11) is 1.88. The smallest absolute Gasteiger partial charge is 0.193 e. The van der Waals surface area contributed by atoms with Crippen molar-refractivity contribution in [2.24, 2.45) is 10.4 Å². The summed E-state index contributed by atoms with van der Waals surface area (Å²) in [6.07, 6.45) is 8.38. The molecule has 21 heavy (non-hydrogen) atoms. The van der Waals surface area contributed by atoms with Gasteiger partial charge in [-0.25, -0.2) is 0 Å². The predicted octanol–water partition coefficient (Wildman–Crippen LogP) is 2.69. The molecule has 1 aromatic rings. The Balaban J connectivity index is 0.00000161. The molecule has 0 aromatic carbocycles. The highest BCUT2D eigenvalue weighted by atomic mass is 127. The quantitative estimate of drug-likeness (QED) is 0.482. The second-order valence-electron chi connectivity index (χ2n) is 6.07. The number of likely N-dealkylation sites (tertiary alicyclic amines) is 1. The number of aromatic nitrogens is 1. The fraction of sp³-hybridized carbons (Fsp3) is 0.625. The molecule has 0 bridgehead atoms. The summed E-state index contributed by atoms with van der Waals surface area (Å²) in [6, 6.07) is 6.07. The Hall–Kier alpha value is -0.850. The van der Waals surface area contributed by atoms with Crippen LogP contribution in [0.5, 0.6) is 0 Å². The number of rotatable bonds is 3. The number of halogens is 1. The molecule has 1 N–H and O–H groups in total. The van der Waals surface area contributed by atoms with Gasteiger partial charge in [-0.3, -0.25) is 9.98 Å². The van der Waals surface area contributed by atoms with Gasteiger partial charge in [0.1, 0.15) is 0 Å². The van der Waals surface area contributed by atoms with Crippen molar-refractivity contribution in [2.75, 3.05) is 26.7 Å². The van der Waals surface area contributed by atoms with Crippen LogP contribution in [0.2, 0.25) is 0 Å². The summed E-state index contributed by atoms with van der Waals surface area (Å²) < 4.78 is 0. The lowest BCUT2D eigenvalue weighted by Gasteiger charge is -2.38. The second kappa shape index (κ2) is 7.42. The molecule has 2 aliphatic rings. The van der Waals surface area contributed by atoms with Gasteiger partial charge in [-0.2, -0.15) is 0 Å². The maximum atomic E-state index is 4.44. The Bertz CT molecular complexity index is 470. The van der Waals surface area contributed by atoms with Gasteiger partial charge in [0, 0.05) is 45.0 Å². The second-order valence-corrected chi connectivity index (χ2v) is 6.07. The Morgan fingerprint density at radius 3 is 2.81 bits per heavy atom. The van der Waals surface area contributed by atoms with E-state index in [1.165, 1.54) is 32.2 Å². The van der Waals surface area contributed by atoms with Crippen molar-refractivity contribution in [2.45, 2.75) is 32.1 Å².